The SMILES string of the molecule is CCOC(=O)c1nc(C(=O)O)c(CC(C)C)s1. The van der Waals surface area contributed by atoms with Crippen molar-refractivity contribution in [3.05, 3.63) is 15.6 Å². The summed E-state index contributed by atoms with van der Waals surface area (Å²) in [6.45, 7) is 5.91. The fraction of sp³-hybridized carbons (Fsp3) is 0.545. The van der Waals surface area contributed by atoms with Gasteiger partial charge in [-0.05, 0) is 19.3 Å². The Labute approximate surface area is 103 Å². The molecule has 5 nitrogen and oxygen atoms in total. The van der Waals surface area contributed by atoms with Gasteiger partial charge >= 0.3 is 11.9 Å². The normalized spacial score (nSPS) is 10.6. The number of aromatic carboxylic acids is 1. The molecule has 0 amide bonds. The van der Waals surface area contributed by atoms with Crippen molar-refractivity contribution in [3.8, 4) is 0 Å². The highest BCUT2D eigenvalue weighted by Crippen LogP contribution is 2.22. The Morgan fingerprint density at radius 2 is 2.12 bits per heavy atom. The van der Waals surface area contributed by atoms with E-state index in [2.05, 4.69) is 4.98 Å². The van der Waals surface area contributed by atoms with Crippen molar-refractivity contribution >= 4 is 23.3 Å². The van der Waals surface area contributed by atoms with Gasteiger partial charge in [-0.1, -0.05) is 13.8 Å². The fourth-order valence-corrected chi connectivity index (χ4v) is 2.47. The number of hydrogen-bond donors (Lipinski definition) is 1. The molecule has 1 aromatic rings. The summed E-state index contributed by atoms with van der Waals surface area (Å²) in [6.07, 6.45) is 0.596. The van der Waals surface area contributed by atoms with Gasteiger partial charge in [-0.25, -0.2) is 14.6 Å². The molecule has 0 aromatic carbocycles. The highest BCUT2D eigenvalue weighted by Gasteiger charge is 2.22. The van der Waals surface area contributed by atoms with Gasteiger partial charge in [-0.2, -0.15) is 0 Å². The van der Waals surface area contributed by atoms with Gasteiger partial charge in [-0.3, -0.25) is 0 Å². The van der Waals surface area contributed by atoms with Crippen LogP contribution in [0, 0.1) is 5.92 Å². The molecule has 0 aliphatic carbocycles. The monoisotopic (exact) mass is 257 g/mol. The van der Waals surface area contributed by atoms with Gasteiger partial charge in [0.05, 0.1) is 6.61 Å². The molecular weight excluding hydrogens is 242 g/mol. The number of aromatic nitrogens is 1. The minimum absolute atomic E-state index is 0.0354. The van der Waals surface area contributed by atoms with E-state index in [9.17, 15) is 9.59 Å². The van der Waals surface area contributed by atoms with Crippen LogP contribution in [0.5, 0.6) is 0 Å². The molecule has 0 radical (unpaired) electrons. The third-order valence-electron chi connectivity index (χ3n) is 1.94. The lowest BCUT2D eigenvalue weighted by Gasteiger charge is -2.01. The van der Waals surface area contributed by atoms with Crippen molar-refractivity contribution in [1.82, 2.24) is 4.98 Å². The smallest absolute Gasteiger partial charge is 0.367 e. The Bertz CT molecular complexity index is 425. The maximum Gasteiger partial charge on any atom is 0.367 e. The average molecular weight is 257 g/mol. The Hall–Kier alpha value is -1.43. The molecule has 0 saturated carbocycles. The van der Waals surface area contributed by atoms with Crippen molar-refractivity contribution in [1.29, 1.82) is 0 Å². The summed E-state index contributed by atoms with van der Waals surface area (Å²) in [7, 11) is 0. The maximum absolute atomic E-state index is 11.5. The average Bonchev–Trinajstić information content (AvgIpc) is 2.61. The van der Waals surface area contributed by atoms with Crippen LogP contribution in [0.15, 0.2) is 0 Å². The molecule has 17 heavy (non-hydrogen) atoms. The molecule has 1 rings (SSSR count). The molecule has 0 fully saturated rings. The van der Waals surface area contributed by atoms with Crippen molar-refractivity contribution in [3.63, 3.8) is 0 Å². The standard InChI is InChI=1S/C11H15NO4S/c1-4-16-11(15)9-12-8(10(13)14)7(17-9)5-6(2)3/h6H,4-5H2,1-3H3,(H,13,14). The fourth-order valence-electron chi connectivity index (χ4n) is 1.31. The maximum atomic E-state index is 11.5. The van der Waals surface area contributed by atoms with E-state index >= 15 is 0 Å². The zero-order chi connectivity index (χ0) is 13.0. The summed E-state index contributed by atoms with van der Waals surface area (Å²) in [5.41, 5.74) is -0.0354. The number of esters is 1. The molecule has 0 spiro atoms. The molecule has 0 atom stereocenters. The zero-order valence-corrected chi connectivity index (χ0v) is 10.8. The molecule has 0 unspecified atom stereocenters. The second-order valence-electron chi connectivity index (χ2n) is 3.91. The number of rotatable bonds is 5. The van der Waals surface area contributed by atoms with E-state index in [1.54, 1.807) is 6.92 Å². The lowest BCUT2D eigenvalue weighted by atomic mass is 10.1. The predicted octanol–water partition coefficient (Wildman–Crippen LogP) is 2.22. The van der Waals surface area contributed by atoms with Crippen LogP contribution in [0.1, 0.15) is 45.9 Å². The van der Waals surface area contributed by atoms with Crippen molar-refractivity contribution < 1.29 is 19.4 Å². The number of nitrogens with zero attached hydrogens (tertiary/aromatic N) is 1. The molecular formula is C11H15NO4S. The van der Waals surface area contributed by atoms with E-state index < -0.39 is 11.9 Å². The van der Waals surface area contributed by atoms with Crippen molar-refractivity contribution in [2.45, 2.75) is 27.2 Å². The highest BCUT2D eigenvalue weighted by molar-refractivity contribution is 7.13. The van der Waals surface area contributed by atoms with Crippen LogP contribution in [0.4, 0.5) is 0 Å². The van der Waals surface area contributed by atoms with E-state index in [-0.39, 0.29) is 17.3 Å². The Kier molecular flexibility index (Phi) is 4.62. The number of carboxylic acids is 1. The topological polar surface area (TPSA) is 76.5 Å². The Morgan fingerprint density at radius 3 is 2.59 bits per heavy atom. The molecule has 6 heteroatoms. The van der Waals surface area contributed by atoms with E-state index in [1.807, 2.05) is 13.8 Å². The number of thiazole rings is 1. The first-order valence-corrected chi connectivity index (χ1v) is 6.17. The minimum atomic E-state index is -1.10. The van der Waals surface area contributed by atoms with Gasteiger partial charge in [0.15, 0.2) is 5.69 Å². The second kappa shape index (κ2) is 5.77. The molecule has 1 aromatic heterocycles. The number of carbonyl (C=O) groups is 2. The number of carbonyl (C=O) groups excluding carboxylic acids is 1. The third kappa shape index (κ3) is 3.52. The van der Waals surface area contributed by atoms with Crippen molar-refractivity contribution in [2.75, 3.05) is 6.61 Å². The van der Waals surface area contributed by atoms with E-state index in [1.165, 1.54) is 0 Å². The lowest BCUT2D eigenvalue weighted by molar-refractivity contribution is 0.0526. The van der Waals surface area contributed by atoms with Crippen LogP contribution in [-0.4, -0.2) is 28.6 Å². The molecule has 94 valence electrons. The number of carboxylic acid groups (broad SMARTS) is 1. The van der Waals surface area contributed by atoms with Crippen LogP contribution in [0.3, 0.4) is 0 Å². The van der Waals surface area contributed by atoms with Crippen LogP contribution in [0.2, 0.25) is 0 Å². The summed E-state index contributed by atoms with van der Waals surface area (Å²) in [5, 5.41) is 9.11. The molecule has 1 heterocycles. The van der Waals surface area contributed by atoms with E-state index in [0.717, 1.165) is 11.3 Å². The Balaban J connectivity index is 3.03. The van der Waals surface area contributed by atoms with Gasteiger partial charge in [0.1, 0.15) is 0 Å². The van der Waals surface area contributed by atoms with Gasteiger partial charge in [0, 0.05) is 4.88 Å². The first-order valence-electron chi connectivity index (χ1n) is 5.35. The van der Waals surface area contributed by atoms with E-state index in [0.29, 0.717) is 17.2 Å². The summed E-state index contributed by atoms with van der Waals surface area (Å²) < 4.78 is 4.80. The predicted molar refractivity (Wildman–Crippen MR) is 63.6 cm³/mol. The van der Waals surface area contributed by atoms with Crippen LogP contribution in [-0.2, 0) is 11.2 Å². The quantitative estimate of drug-likeness (QED) is 0.818. The molecule has 0 saturated heterocycles. The van der Waals surface area contributed by atoms with Crippen LogP contribution < -0.4 is 0 Å². The highest BCUT2D eigenvalue weighted by atomic mass is 32.1. The largest absolute Gasteiger partial charge is 0.476 e. The first-order chi connectivity index (χ1) is 7.95. The van der Waals surface area contributed by atoms with E-state index in [4.69, 9.17) is 9.84 Å². The van der Waals surface area contributed by atoms with Gasteiger partial charge < -0.3 is 9.84 Å². The minimum Gasteiger partial charge on any atom is -0.476 e. The van der Waals surface area contributed by atoms with Crippen molar-refractivity contribution in [2.24, 2.45) is 5.92 Å². The summed E-state index contributed by atoms with van der Waals surface area (Å²) in [4.78, 5) is 26.9. The zero-order valence-electron chi connectivity index (χ0n) is 10.0. The summed E-state index contributed by atoms with van der Waals surface area (Å²) in [5.74, 6) is -1.36. The number of hydrogen-bond acceptors (Lipinski definition) is 5. The third-order valence-corrected chi connectivity index (χ3v) is 3.00. The van der Waals surface area contributed by atoms with Gasteiger partial charge in [-0.15, -0.1) is 11.3 Å². The van der Waals surface area contributed by atoms with Crippen LogP contribution >= 0.6 is 11.3 Å². The summed E-state index contributed by atoms with van der Waals surface area (Å²) in [6, 6.07) is 0. The molecule has 0 aliphatic heterocycles. The van der Waals surface area contributed by atoms with Gasteiger partial charge in [0.25, 0.3) is 0 Å². The lowest BCUT2D eigenvalue weighted by Crippen LogP contribution is -2.06. The summed E-state index contributed by atoms with van der Waals surface area (Å²) >= 11 is 1.10. The number of ether oxygens (including phenoxy) is 1. The van der Waals surface area contributed by atoms with Gasteiger partial charge in [0.2, 0.25) is 5.01 Å². The molecule has 1 N–H and O–H groups in total. The molecule has 0 aliphatic rings. The molecule has 0 bridgehead atoms. The van der Waals surface area contributed by atoms with Crippen LogP contribution in [0.25, 0.3) is 0 Å². The first kappa shape index (κ1) is 13.6. The Morgan fingerprint density at radius 1 is 1.47 bits per heavy atom. The second-order valence-corrected chi connectivity index (χ2v) is 5.00.